The molecule has 5 heteroatoms. The van der Waals surface area contributed by atoms with E-state index in [1.54, 1.807) is 0 Å². The highest BCUT2D eigenvalue weighted by Crippen LogP contribution is 2.29. The monoisotopic (exact) mass is 287 g/mol. The maximum Gasteiger partial charge on any atom is 0.260 e. The van der Waals surface area contributed by atoms with Crippen molar-refractivity contribution in [2.75, 3.05) is 11.9 Å². The fourth-order valence-corrected chi connectivity index (χ4v) is 2.72. The summed E-state index contributed by atoms with van der Waals surface area (Å²) in [6.07, 6.45) is 3.47. The van der Waals surface area contributed by atoms with Crippen molar-refractivity contribution in [3.8, 4) is 11.5 Å². The van der Waals surface area contributed by atoms with Gasteiger partial charge in [0.1, 0.15) is 0 Å². The van der Waals surface area contributed by atoms with E-state index in [2.05, 4.69) is 28.4 Å². The van der Waals surface area contributed by atoms with Crippen LogP contribution in [-0.2, 0) is 4.74 Å². The number of hydrogen-bond donors (Lipinski definition) is 1. The van der Waals surface area contributed by atoms with Gasteiger partial charge in [-0.2, -0.15) is 4.98 Å². The van der Waals surface area contributed by atoms with Crippen LogP contribution < -0.4 is 5.32 Å². The normalized spacial score (nSPS) is 22.2. The van der Waals surface area contributed by atoms with Crippen molar-refractivity contribution in [3.05, 3.63) is 30.1 Å². The third kappa shape index (κ3) is 3.24. The molecule has 1 fully saturated rings. The summed E-state index contributed by atoms with van der Waals surface area (Å²) in [5, 5.41) is 7.49. The molecule has 21 heavy (non-hydrogen) atoms. The highest BCUT2D eigenvalue weighted by atomic mass is 16.5. The van der Waals surface area contributed by atoms with Crippen molar-refractivity contribution in [3.63, 3.8) is 0 Å². The van der Waals surface area contributed by atoms with Gasteiger partial charge in [0, 0.05) is 18.3 Å². The summed E-state index contributed by atoms with van der Waals surface area (Å²) in [6, 6.07) is 8.50. The van der Waals surface area contributed by atoms with Crippen LogP contribution in [0.25, 0.3) is 11.5 Å². The second kappa shape index (κ2) is 6.26. The molecule has 0 saturated carbocycles. The summed E-state index contributed by atoms with van der Waals surface area (Å²) in [7, 11) is 0. The summed E-state index contributed by atoms with van der Waals surface area (Å²) >= 11 is 0. The first-order valence-electron chi connectivity index (χ1n) is 7.54. The molecular weight excluding hydrogens is 266 g/mol. The standard InChI is InChI=1S/C16H21N3O2/c1-3-13-10-12(8-9-20-13)18-15-7-5-4-6-14(15)16-17-11(2)19-21-16/h4-7,12-13,18H,3,8-10H2,1-2H3. The molecule has 1 aliphatic rings. The first-order chi connectivity index (χ1) is 10.3. The molecule has 2 aromatic rings. The van der Waals surface area contributed by atoms with Crippen molar-refractivity contribution in [1.82, 2.24) is 10.1 Å². The van der Waals surface area contributed by atoms with Crippen LogP contribution in [0, 0.1) is 6.92 Å². The van der Waals surface area contributed by atoms with Gasteiger partial charge in [0.15, 0.2) is 5.82 Å². The molecule has 2 heterocycles. The van der Waals surface area contributed by atoms with Gasteiger partial charge in [0.05, 0.1) is 11.7 Å². The Labute approximate surface area is 124 Å². The maximum absolute atomic E-state index is 5.73. The quantitative estimate of drug-likeness (QED) is 0.933. The number of anilines is 1. The van der Waals surface area contributed by atoms with Gasteiger partial charge in [0.25, 0.3) is 5.89 Å². The molecule has 1 aromatic heterocycles. The Morgan fingerprint density at radius 2 is 2.19 bits per heavy atom. The van der Waals surface area contributed by atoms with Crippen LogP contribution in [0.15, 0.2) is 28.8 Å². The minimum Gasteiger partial charge on any atom is -0.381 e. The average molecular weight is 287 g/mol. The van der Waals surface area contributed by atoms with E-state index in [1.807, 2.05) is 25.1 Å². The zero-order valence-corrected chi connectivity index (χ0v) is 12.5. The number of rotatable bonds is 4. The molecule has 0 radical (unpaired) electrons. The van der Waals surface area contributed by atoms with E-state index in [4.69, 9.17) is 9.26 Å². The molecule has 0 spiro atoms. The molecule has 1 aromatic carbocycles. The fourth-order valence-electron chi connectivity index (χ4n) is 2.72. The fraction of sp³-hybridized carbons (Fsp3) is 0.500. The summed E-state index contributed by atoms with van der Waals surface area (Å²) in [5.41, 5.74) is 2.00. The molecule has 1 N–H and O–H groups in total. The Hall–Kier alpha value is -1.88. The maximum atomic E-state index is 5.73. The molecule has 0 amide bonds. The Morgan fingerprint density at radius 3 is 2.95 bits per heavy atom. The molecule has 3 rings (SSSR count). The number of hydrogen-bond acceptors (Lipinski definition) is 5. The topological polar surface area (TPSA) is 60.2 Å². The number of para-hydroxylation sites is 1. The lowest BCUT2D eigenvalue weighted by molar-refractivity contribution is 0.00926. The predicted molar refractivity (Wildman–Crippen MR) is 81.1 cm³/mol. The highest BCUT2D eigenvalue weighted by Gasteiger charge is 2.22. The van der Waals surface area contributed by atoms with Crippen LogP contribution in [0.4, 0.5) is 5.69 Å². The second-order valence-corrected chi connectivity index (χ2v) is 5.46. The van der Waals surface area contributed by atoms with Crippen LogP contribution in [0.3, 0.4) is 0 Å². The molecule has 2 atom stereocenters. The van der Waals surface area contributed by atoms with Crippen LogP contribution >= 0.6 is 0 Å². The first kappa shape index (κ1) is 14.1. The van der Waals surface area contributed by atoms with Crippen molar-refractivity contribution >= 4 is 5.69 Å². The van der Waals surface area contributed by atoms with Crippen LogP contribution in [-0.4, -0.2) is 28.9 Å². The molecular formula is C16H21N3O2. The van der Waals surface area contributed by atoms with E-state index >= 15 is 0 Å². The van der Waals surface area contributed by atoms with E-state index in [1.165, 1.54) is 0 Å². The number of aryl methyl sites for hydroxylation is 1. The SMILES string of the molecule is CCC1CC(Nc2ccccc2-c2nc(C)no2)CCO1. The van der Waals surface area contributed by atoms with Gasteiger partial charge in [-0.15, -0.1) is 0 Å². The molecule has 1 saturated heterocycles. The lowest BCUT2D eigenvalue weighted by Crippen LogP contribution is -2.33. The third-order valence-corrected chi connectivity index (χ3v) is 3.87. The third-order valence-electron chi connectivity index (χ3n) is 3.87. The largest absolute Gasteiger partial charge is 0.381 e. The number of benzene rings is 1. The average Bonchev–Trinajstić information content (AvgIpc) is 2.94. The summed E-state index contributed by atoms with van der Waals surface area (Å²) in [6.45, 7) is 4.81. The van der Waals surface area contributed by atoms with Gasteiger partial charge in [-0.3, -0.25) is 0 Å². The van der Waals surface area contributed by atoms with Gasteiger partial charge in [0.2, 0.25) is 0 Å². The van der Waals surface area contributed by atoms with Crippen LogP contribution in [0.2, 0.25) is 0 Å². The molecule has 0 aliphatic carbocycles. The number of nitrogens with one attached hydrogen (secondary N) is 1. The second-order valence-electron chi connectivity index (χ2n) is 5.46. The molecule has 0 bridgehead atoms. The molecule has 1 aliphatic heterocycles. The van der Waals surface area contributed by atoms with E-state index in [0.29, 0.717) is 23.9 Å². The Balaban J connectivity index is 1.79. The van der Waals surface area contributed by atoms with E-state index in [9.17, 15) is 0 Å². The molecule has 2 unspecified atom stereocenters. The van der Waals surface area contributed by atoms with Gasteiger partial charge in [-0.25, -0.2) is 0 Å². The van der Waals surface area contributed by atoms with Crippen molar-refractivity contribution in [1.29, 1.82) is 0 Å². The van der Waals surface area contributed by atoms with Crippen LogP contribution in [0.1, 0.15) is 32.0 Å². The zero-order valence-electron chi connectivity index (χ0n) is 12.5. The first-order valence-corrected chi connectivity index (χ1v) is 7.54. The van der Waals surface area contributed by atoms with Crippen molar-refractivity contribution < 1.29 is 9.26 Å². The van der Waals surface area contributed by atoms with Crippen molar-refractivity contribution in [2.24, 2.45) is 0 Å². The Bertz CT molecular complexity index is 597. The summed E-state index contributed by atoms with van der Waals surface area (Å²) in [4.78, 5) is 4.32. The zero-order chi connectivity index (χ0) is 14.7. The Kier molecular flexibility index (Phi) is 4.20. The lowest BCUT2D eigenvalue weighted by atomic mass is 10.0. The van der Waals surface area contributed by atoms with Gasteiger partial charge >= 0.3 is 0 Å². The molecule has 5 nitrogen and oxygen atoms in total. The van der Waals surface area contributed by atoms with E-state index in [-0.39, 0.29) is 0 Å². The summed E-state index contributed by atoms with van der Waals surface area (Å²) in [5.74, 6) is 1.21. The number of nitrogens with zero attached hydrogens (tertiary/aromatic N) is 2. The van der Waals surface area contributed by atoms with Gasteiger partial charge in [-0.1, -0.05) is 24.2 Å². The Morgan fingerprint density at radius 1 is 1.33 bits per heavy atom. The van der Waals surface area contributed by atoms with Crippen LogP contribution in [0.5, 0.6) is 0 Å². The number of aromatic nitrogens is 2. The minimum absolute atomic E-state index is 0.356. The molecule has 112 valence electrons. The summed E-state index contributed by atoms with van der Waals surface area (Å²) < 4.78 is 11.0. The van der Waals surface area contributed by atoms with E-state index < -0.39 is 0 Å². The van der Waals surface area contributed by atoms with E-state index in [0.717, 1.165) is 37.1 Å². The van der Waals surface area contributed by atoms with Gasteiger partial charge < -0.3 is 14.6 Å². The predicted octanol–water partition coefficient (Wildman–Crippen LogP) is 3.41. The van der Waals surface area contributed by atoms with Crippen molar-refractivity contribution in [2.45, 2.75) is 45.3 Å². The highest BCUT2D eigenvalue weighted by molar-refractivity contribution is 5.72. The number of ether oxygens (including phenoxy) is 1. The minimum atomic E-state index is 0.356. The smallest absolute Gasteiger partial charge is 0.260 e. The lowest BCUT2D eigenvalue weighted by Gasteiger charge is -2.30. The van der Waals surface area contributed by atoms with Gasteiger partial charge in [-0.05, 0) is 38.3 Å².